The first kappa shape index (κ1) is 15.8. The number of nitrogens with zero attached hydrogens (tertiary/aromatic N) is 1. The molecule has 1 heterocycles. The molecule has 3 nitrogen and oxygen atoms in total. The molecule has 1 rings (SSSR count). The van der Waals surface area contributed by atoms with Gasteiger partial charge in [-0.25, -0.2) is 0 Å². The molecule has 19 heavy (non-hydrogen) atoms. The maximum absolute atomic E-state index is 12.8. The monoisotopic (exact) mass is 277 g/mol. The molecule has 0 radical (unpaired) electrons. The molecule has 1 aromatic heterocycles. The van der Waals surface area contributed by atoms with Gasteiger partial charge in [-0.3, -0.25) is 4.98 Å². The fraction of sp³-hybridized carbons (Fsp3) is 0.615. The molecule has 0 saturated carbocycles. The van der Waals surface area contributed by atoms with Gasteiger partial charge in [0.05, 0.1) is 18.4 Å². The Hall–Kier alpha value is -1.30. The van der Waals surface area contributed by atoms with Crippen molar-refractivity contribution in [2.24, 2.45) is 0 Å². The van der Waals surface area contributed by atoms with E-state index in [4.69, 9.17) is 9.47 Å². The zero-order chi connectivity index (χ0) is 14.7. The summed E-state index contributed by atoms with van der Waals surface area (Å²) in [7, 11) is 0. The zero-order valence-corrected chi connectivity index (χ0v) is 11.5. The maximum atomic E-state index is 12.8. The van der Waals surface area contributed by atoms with Crippen molar-refractivity contribution in [3.05, 3.63) is 23.5 Å². The van der Waals surface area contributed by atoms with Gasteiger partial charge in [-0.1, -0.05) is 0 Å². The Kier molecular flexibility index (Phi) is 4.79. The number of rotatable bonds is 4. The van der Waals surface area contributed by atoms with Gasteiger partial charge in [0.15, 0.2) is 0 Å². The molecule has 0 amide bonds. The molecule has 0 atom stereocenters. The van der Waals surface area contributed by atoms with E-state index in [9.17, 15) is 13.2 Å². The Balaban J connectivity index is 2.68. The highest BCUT2D eigenvalue weighted by molar-refractivity contribution is 5.34. The van der Waals surface area contributed by atoms with Gasteiger partial charge in [0.25, 0.3) is 0 Å². The van der Waals surface area contributed by atoms with Crippen LogP contribution in [0.5, 0.6) is 5.75 Å². The number of halogens is 3. The van der Waals surface area contributed by atoms with Crippen molar-refractivity contribution in [1.82, 2.24) is 4.98 Å². The molecule has 0 aromatic carbocycles. The van der Waals surface area contributed by atoms with E-state index < -0.39 is 11.7 Å². The van der Waals surface area contributed by atoms with E-state index in [0.29, 0.717) is 5.69 Å². The highest BCUT2D eigenvalue weighted by Crippen LogP contribution is 2.36. The SMILES string of the molecule is Cc1cc(C(F)(F)F)c(OCCOC(C)(C)C)cn1. The van der Waals surface area contributed by atoms with Gasteiger partial charge in [0.1, 0.15) is 17.9 Å². The lowest BCUT2D eigenvalue weighted by Gasteiger charge is -2.20. The molecule has 0 N–H and O–H groups in total. The molecule has 0 spiro atoms. The molecule has 0 saturated heterocycles. The molecule has 108 valence electrons. The predicted octanol–water partition coefficient (Wildman–Crippen LogP) is 3.60. The van der Waals surface area contributed by atoms with E-state index in [1.165, 1.54) is 6.92 Å². The van der Waals surface area contributed by atoms with Crippen molar-refractivity contribution in [3.63, 3.8) is 0 Å². The first-order valence-electron chi connectivity index (χ1n) is 5.90. The van der Waals surface area contributed by atoms with Crippen LogP contribution in [-0.2, 0) is 10.9 Å². The van der Waals surface area contributed by atoms with Gasteiger partial charge in [-0.2, -0.15) is 13.2 Å². The van der Waals surface area contributed by atoms with Crippen LogP contribution in [0.4, 0.5) is 13.2 Å². The highest BCUT2D eigenvalue weighted by atomic mass is 19.4. The van der Waals surface area contributed by atoms with Crippen molar-refractivity contribution in [2.45, 2.75) is 39.5 Å². The number of hydrogen-bond acceptors (Lipinski definition) is 3. The van der Waals surface area contributed by atoms with Gasteiger partial charge < -0.3 is 9.47 Å². The van der Waals surface area contributed by atoms with Crippen LogP contribution < -0.4 is 4.74 Å². The Bertz CT molecular complexity index is 425. The first-order valence-corrected chi connectivity index (χ1v) is 5.90. The molecule has 0 aliphatic heterocycles. The lowest BCUT2D eigenvalue weighted by molar-refractivity contribution is -0.139. The Labute approximate surface area is 110 Å². The second kappa shape index (κ2) is 5.77. The largest absolute Gasteiger partial charge is 0.489 e. The molecule has 0 aliphatic rings. The summed E-state index contributed by atoms with van der Waals surface area (Å²) >= 11 is 0. The summed E-state index contributed by atoms with van der Waals surface area (Å²) in [4.78, 5) is 3.81. The molecular formula is C13H18F3NO2. The molecule has 1 aromatic rings. The summed E-state index contributed by atoms with van der Waals surface area (Å²) in [6.45, 7) is 7.35. The topological polar surface area (TPSA) is 31.4 Å². The van der Waals surface area contributed by atoms with Crippen molar-refractivity contribution in [1.29, 1.82) is 0 Å². The lowest BCUT2D eigenvalue weighted by atomic mass is 10.2. The summed E-state index contributed by atoms with van der Waals surface area (Å²) < 4.78 is 48.8. The third-order valence-corrected chi connectivity index (χ3v) is 2.19. The van der Waals surface area contributed by atoms with E-state index in [1.54, 1.807) is 0 Å². The lowest BCUT2D eigenvalue weighted by Crippen LogP contribution is -2.23. The number of alkyl halides is 3. The third-order valence-electron chi connectivity index (χ3n) is 2.19. The quantitative estimate of drug-likeness (QED) is 0.788. The fourth-order valence-corrected chi connectivity index (χ4v) is 1.38. The van der Waals surface area contributed by atoms with Gasteiger partial charge >= 0.3 is 6.18 Å². The highest BCUT2D eigenvalue weighted by Gasteiger charge is 2.34. The Morgan fingerprint density at radius 3 is 2.32 bits per heavy atom. The number of hydrogen-bond donors (Lipinski definition) is 0. The van der Waals surface area contributed by atoms with Gasteiger partial charge in [-0.05, 0) is 33.8 Å². The van der Waals surface area contributed by atoms with Crippen molar-refractivity contribution >= 4 is 0 Å². The van der Waals surface area contributed by atoms with E-state index >= 15 is 0 Å². The summed E-state index contributed by atoms with van der Waals surface area (Å²) in [5.41, 5.74) is -0.858. The fourth-order valence-electron chi connectivity index (χ4n) is 1.38. The molecule has 0 fully saturated rings. The minimum absolute atomic E-state index is 0.0467. The van der Waals surface area contributed by atoms with Crippen LogP contribution in [0.1, 0.15) is 32.0 Å². The second-order valence-corrected chi connectivity index (χ2v) is 5.13. The van der Waals surface area contributed by atoms with E-state index in [2.05, 4.69) is 4.98 Å². The number of aromatic nitrogens is 1. The average molecular weight is 277 g/mol. The van der Waals surface area contributed by atoms with Crippen LogP contribution in [0.15, 0.2) is 12.3 Å². The smallest absolute Gasteiger partial charge is 0.420 e. The van der Waals surface area contributed by atoms with Crippen molar-refractivity contribution in [2.75, 3.05) is 13.2 Å². The maximum Gasteiger partial charge on any atom is 0.420 e. The van der Waals surface area contributed by atoms with Crippen LogP contribution >= 0.6 is 0 Å². The molecule has 0 aliphatic carbocycles. The van der Waals surface area contributed by atoms with Crippen molar-refractivity contribution in [3.8, 4) is 5.75 Å². The average Bonchev–Trinajstić information content (AvgIpc) is 2.23. The van der Waals surface area contributed by atoms with Crippen molar-refractivity contribution < 1.29 is 22.6 Å². The van der Waals surface area contributed by atoms with E-state index in [1.807, 2.05) is 20.8 Å². The normalized spacial score (nSPS) is 12.6. The van der Waals surface area contributed by atoms with Crippen LogP contribution in [0.3, 0.4) is 0 Å². The summed E-state index contributed by atoms with van der Waals surface area (Å²) in [5, 5.41) is 0. The van der Waals surface area contributed by atoms with Gasteiger partial charge in [0, 0.05) is 5.69 Å². The minimum atomic E-state index is -4.45. The van der Waals surface area contributed by atoms with Gasteiger partial charge in [0.2, 0.25) is 0 Å². The number of aryl methyl sites for hydroxylation is 1. The zero-order valence-electron chi connectivity index (χ0n) is 11.5. The predicted molar refractivity (Wildman–Crippen MR) is 65.2 cm³/mol. The Morgan fingerprint density at radius 2 is 1.79 bits per heavy atom. The van der Waals surface area contributed by atoms with Crippen LogP contribution in [-0.4, -0.2) is 23.8 Å². The standard InChI is InChI=1S/C13H18F3NO2/c1-9-7-10(13(14,15)16)11(8-17-9)18-5-6-19-12(2,3)4/h7-8H,5-6H2,1-4H3. The molecule has 0 bridgehead atoms. The molecular weight excluding hydrogens is 259 g/mol. The number of pyridine rings is 1. The van der Waals surface area contributed by atoms with Crippen LogP contribution in [0.2, 0.25) is 0 Å². The van der Waals surface area contributed by atoms with Crippen LogP contribution in [0, 0.1) is 6.92 Å². The second-order valence-electron chi connectivity index (χ2n) is 5.13. The summed E-state index contributed by atoms with van der Waals surface area (Å²) in [6, 6.07) is 0.972. The minimum Gasteiger partial charge on any atom is -0.489 e. The first-order chi connectivity index (χ1) is 8.59. The summed E-state index contributed by atoms with van der Waals surface area (Å²) in [5.74, 6) is -0.268. The third kappa shape index (κ3) is 5.46. The van der Waals surface area contributed by atoms with E-state index in [-0.39, 0.29) is 24.6 Å². The summed E-state index contributed by atoms with van der Waals surface area (Å²) in [6.07, 6.45) is -3.36. The molecule has 6 heteroatoms. The van der Waals surface area contributed by atoms with Gasteiger partial charge in [-0.15, -0.1) is 0 Å². The van der Waals surface area contributed by atoms with Crippen LogP contribution in [0.25, 0.3) is 0 Å². The Morgan fingerprint density at radius 1 is 1.16 bits per heavy atom. The molecule has 0 unspecified atom stereocenters. The van der Waals surface area contributed by atoms with E-state index in [0.717, 1.165) is 12.3 Å². The number of ether oxygens (including phenoxy) is 2.